The lowest BCUT2D eigenvalue weighted by atomic mass is 10.1. The van der Waals surface area contributed by atoms with Gasteiger partial charge in [0.25, 0.3) is 5.91 Å². The molecule has 0 spiro atoms. The van der Waals surface area contributed by atoms with E-state index in [9.17, 15) is 4.79 Å². The Balaban J connectivity index is 2.18. The summed E-state index contributed by atoms with van der Waals surface area (Å²) in [5.41, 5.74) is 6.83. The third-order valence-electron chi connectivity index (χ3n) is 2.98. The lowest BCUT2D eigenvalue weighted by Crippen LogP contribution is -2.37. The molecule has 1 heterocycles. The number of benzene rings is 1. The van der Waals surface area contributed by atoms with Gasteiger partial charge in [-0.2, -0.15) is 0 Å². The molecule has 1 fully saturated rings. The van der Waals surface area contributed by atoms with Crippen molar-refractivity contribution in [2.45, 2.75) is 18.9 Å². The van der Waals surface area contributed by atoms with E-state index >= 15 is 0 Å². The summed E-state index contributed by atoms with van der Waals surface area (Å²) in [6, 6.07) is 6.92. The van der Waals surface area contributed by atoms with Gasteiger partial charge in [-0.15, -0.1) is 0 Å². The molecule has 1 aromatic rings. The monoisotopic (exact) mass is 220 g/mol. The highest BCUT2D eigenvalue weighted by Gasteiger charge is 2.28. The molecule has 2 rings (SSSR count). The second kappa shape index (κ2) is 4.53. The topological polar surface area (TPSA) is 66.6 Å². The molecule has 3 N–H and O–H groups in total. The van der Waals surface area contributed by atoms with Gasteiger partial charge in [-0.3, -0.25) is 4.79 Å². The van der Waals surface area contributed by atoms with Crippen molar-refractivity contribution in [2.24, 2.45) is 0 Å². The largest absolute Gasteiger partial charge is 0.399 e. The summed E-state index contributed by atoms with van der Waals surface area (Å²) in [6.07, 6.45) is 1.84. The van der Waals surface area contributed by atoms with Crippen LogP contribution < -0.4 is 5.73 Å². The molecule has 4 nitrogen and oxygen atoms in total. The minimum absolute atomic E-state index is 0.0334. The first-order valence-corrected chi connectivity index (χ1v) is 5.49. The quantitative estimate of drug-likeness (QED) is 0.727. The van der Waals surface area contributed by atoms with Gasteiger partial charge in [-0.1, -0.05) is 6.07 Å². The number of nitrogen functional groups attached to an aromatic ring is 1. The van der Waals surface area contributed by atoms with Gasteiger partial charge in [0.15, 0.2) is 0 Å². The summed E-state index contributed by atoms with van der Waals surface area (Å²) in [6.45, 7) is 0.757. The van der Waals surface area contributed by atoms with E-state index in [4.69, 9.17) is 10.8 Å². The van der Waals surface area contributed by atoms with Gasteiger partial charge in [0, 0.05) is 17.8 Å². The van der Waals surface area contributed by atoms with Crippen LogP contribution in [-0.2, 0) is 0 Å². The van der Waals surface area contributed by atoms with Gasteiger partial charge in [0.2, 0.25) is 0 Å². The van der Waals surface area contributed by atoms with Gasteiger partial charge in [-0.05, 0) is 31.0 Å². The molecule has 1 aromatic carbocycles. The van der Waals surface area contributed by atoms with Crippen molar-refractivity contribution >= 4 is 11.6 Å². The molecular formula is C12H16N2O2. The molecular weight excluding hydrogens is 204 g/mol. The normalized spacial score (nSPS) is 20.1. The molecule has 0 bridgehead atoms. The first-order valence-electron chi connectivity index (χ1n) is 5.49. The zero-order valence-electron chi connectivity index (χ0n) is 9.10. The number of hydrogen-bond acceptors (Lipinski definition) is 3. The Morgan fingerprint density at radius 3 is 3.06 bits per heavy atom. The first kappa shape index (κ1) is 11.0. The van der Waals surface area contributed by atoms with E-state index in [0.29, 0.717) is 11.3 Å². The molecule has 4 heteroatoms. The Hall–Kier alpha value is -1.55. The third kappa shape index (κ3) is 2.02. The van der Waals surface area contributed by atoms with E-state index in [-0.39, 0.29) is 18.6 Å². The minimum Gasteiger partial charge on any atom is -0.399 e. The zero-order valence-corrected chi connectivity index (χ0v) is 9.10. The van der Waals surface area contributed by atoms with Gasteiger partial charge >= 0.3 is 0 Å². The fourth-order valence-corrected chi connectivity index (χ4v) is 2.13. The third-order valence-corrected chi connectivity index (χ3v) is 2.98. The SMILES string of the molecule is Nc1cccc(C(=O)N2CCCC2CO)c1. The van der Waals surface area contributed by atoms with Crippen molar-refractivity contribution in [3.8, 4) is 0 Å². The molecule has 0 saturated carbocycles. The number of likely N-dealkylation sites (tertiary alicyclic amines) is 1. The van der Waals surface area contributed by atoms with Crippen molar-refractivity contribution in [3.05, 3.63) is 29.8 Å². The predicted octanol–water partition coefficient (Wildman–Crippen LogP) is 0.866. The van der Waals surface area contributed by atoms with Gasteiger partial charge in [-0.25, -0.2) is 0 Å². The summed E-state index contributed by atoms with van der Waals surface area (Å²) in [4.78, 5) is 13.9. The summed E-state index contributed by atoms with van der Waals surface area (Å²) in [5, 5.41) is 9.17. The number of hydrogen-bond donors (Lipinski definition) is 2. The summed E-state index contributed by atoms with van der Waals surface area (Å²) < 4.78 is 0. The standard InChI is InChI=1S/C12H16N2O2/c13-10-4-1-3-9(7-10)12(16)14-6-2-5-11(14)8-15/h1,3-4,7,11,15H,2,5-6,8,13H2. The Bertz CT molecular complexity index is 392. The molecule has 0 aliphatic carbocycles. The molecule has 1 saturated heterocycles. The second-order valence-corrected chi connectivity index (χ2v) is 4.10. The van der Waals surface area contributed by atoms with Crippen LogP contribution in [0.25, 0.3) is 0 Å². The van der Waals surface area contributed by atoms with Crippen LogP contribution in [0, 0.1) is 0 Å². The number of nitrogens with zero attached hydrogens (tertiary/aromatic N) is 1. The Labute approximate surface area is 94.7 Å². The average Bonchev–Trinajstić information content (AvgIpc) is 2.76. The van der Waals surface area contributed by atoms with Crippen LogP contribution in [0.1, 0.15) is 23.2 Å². The Morgan fingerprint density at radius 2 is 2.38 bits per heavy atom. The maximum atomic E-state index is 12.1. The van der Waals surface area contributed by atoms with E-state index in [1.54, 1.807) is 29.2 Å². The number of rotatable bonds is 2. The van der Waals surface area contributed by atoms with Crippen molar-refractivity contribution in [3.63, 3.8) is 0 Å². The maximum absolute atomic E-state index is 12.1. The van der Waals surface area contributed by atoms with Crippen molar-refractivity contribution in [1.29, 1.82) is 0 Å². The van der Waals surface area contributed by atoms with E-state index in [0.717, 1.165) is 19.4 Å². The fraction of sp³-hybridized carbons (Fsp3) is 0.417. The van der Waals surface area contributed by atoms with Crippen molar-refractivity contribution in [2.75, 3.05) is 18.9 Å². The van der Waals surface area contributed by atoms with Gasteiger partial charge in [0.05, 0.1) is 12.6 Å². The maximum Gasteiger partial charge on any atom is 0.254 e. The summed E-state index contributed by atoms with van der Waals surface area (Å²) in [5.74, 6) is -0.0381. The molecule has 1 aliphatic heterocycles. The van der Waals surface area contributed by atoms with Gasteiger partial charge in [0.1, 0.15) is 0 Å². The molecule has 0 aromatic heterocycles. The molecule has 86 valence electrons. The van der Waals surface area contributed by atoms with Crippen LogP contribution in [0.15, 0.2) is 24.3 Å². The van der Waals surface area contributed by atoms with Crippen LogP contribution in [0.4, 0.5) is 5.69 Å². The van der Waals surface area contributed by atoms with Crippen LogP contribution >= 0.6 is 0 Å². The zero-order chi connectivity index (χ0) is 11.5. The smallest absolute Gasteiger partial charge is 0.254 e. The minimum atomic E-state index is -0.0381. The van der Waals surface area contributed by atoms with E-state index in [1.807, 2.05) is 0 Å². The Kier molecular flexibility index (Phi) is 3.10. The van der Waals surface area contributed by atoms with E-state index in [1.165, 1.54) is 0 Å². The van der Waals surface area contributed by atoms with Crippen molar-refractivity contribution in [1.82, 2.24) is 4.90 Å². The number of aliphatic hydroxyl groups is 1. The van der Waals surface area contributed by atoms with Crippen LogP contribution in [0.3, 0.4) is 0 Å². The summed E-state index contributed by atoms with van der Waals surface area (Å²) >= 11 is 0. The lowest BCUT2D eigenvalue weighted by Gasteiger charge is -2.23. The first-order chi connectivity index (χ1) is 7.72. The molecule has 1 unspecified atom stereocenters. The van der Waals surface area contributed by atoms with E-state index in [2.05, 4.69) is 0 Å². The molecule has 16 heavy (non-hydrogen) atoms. The van der Waals surface area contributed by atoms with Gasteiger partial charge < -0.3 is 15.7 Å². The van der Waals surface area contributed by atoms with Crippen LogP contribution in [-0.4, -0.2) is 35.1 Å². The summed E-state index contributed by atoms with van der Waals surface area (Å²) in [7, 11) is 0. The Morgan fingerprint density at radius 1 is 1.56 bits per heavy atom. The number of amides is 1. The van der Waals surface area contributed by atoms with E-state index < -0.39 is 0 Å². The highest BCUT2D eigenvalue weighted by Crippen LogP contribution is 2.20. The molecule has 0 radical (unpaired) electrons. The predicted molar refractivity (Wildman–Crippen MR) is 62.0 cm³/mol. The number of nitrogens with two attached hydrogens (primary N) is 1. The van der Waals surface area contributed by atoms with Crippen LogP contribution in [0.2, 0.25) is 0 Å². The number of aliphatic hydroxyl groups excluding tert-OH is 1. The second-order valence-electron chi connectivity index (χ2n) is 4.10. The van der Waals surface area contributed by atoms with Crippen molar-refractivity contribution < 1.29 is 9.90 Å². The van der Waals surface area contributed by atoms with Crippen LogP contribution in [0.5, 0.6) is 0 Å². The number of carbonyl (C=O) groups is 1. The number of carbonyl (C=O) groups excluding carboxylic acids is 1. The lowest BCUT2D eigenvalue weighted by molar-refractivity contribution is 0.0677. The highest BCUT2D eigenvalue weighted by molar-refractivity contribution is 5.95. The average molecular weight is 220 g/mol. The molecule has 1 aliphatic rings. The number of anilines is 1. The molecule has 1 atom stereocenters. The highest BCUT2D eigenvalue weighted by atomic mass is 16.3. The fourth-order valence-electron chi connectivity index (χ4n) is 2.13. The molecule has 1 amide bonds.